The molecule has 2 fully saturated rings. The van der Waals surface area contributed by atoms with Gasteiger partial charge >= 0.3 is 0 Å². The van der Waals surface area contributed by atoms with Gasteiger partial charge in [0.2, 0.25) is 0 Å². The Hall–Kier alpha value is -0.0800. The lowest BCUT2D eigenvalue weighted by atomic mass is 9.82. The van der Waals surface area contributed by atoms with Crippen LogP contribution in [0.5, 0.6) is 0 Å². The van der Waals surface area contributed by atoms with Gasteiger partial charge < -0.3 is 9.64 Å². The zero-order valence-electron chi connectivity index (χ0n) is 11.7. The van der Waals surface area contributed by atoms with Crippen molar-refractivity contribution in [2.24, 2.45) is 5.41 Å². The maximum atomic E-state index is 5.78. The molecule has 0 aromatic heterocycles. The van der Waals surface area contributed by atoms with Crippen molar-refractivity contribution >= 4 is 0 Å². The molecule has 1 atom stereocenters. The highest BCUT2D eigenvalue weighted by Crippen LogP contribution is 2.29. The van der Waals surface area contributed by atoms with E-state index in [4.69, 9.17) is 4.74 Å². The van der Waals surface area contributed by atoms with E-state index in [1.54, 1.807) is 0 Å². The van der Waals surface area contributed by atoms with E-state index in [9.17, 15) is 0 Å². The zero-order valence-corrected chi connectivity index (χ0v) is 11.7. The highest BCUT2D eigenvalue weighted by atomic mass is 16.5. The first-order valence-electron chi connectivity index (χ1n) is 7.50. The summed E-state index contributed by atoms with van der Waals surface area (Å²) in [4.78, 5) is 2.65. The van der Waals surface area contributed by atoms with Crippen LogP contribution in [0.4, 0.5) is 0 Å². The number of nitrogens with zero attached hydrogens (tertiary/aromatic N) is 1. The maximum Gasteiger partial charge on any atom is 0.0575 e. The second-order valence-corrected chi connectivity index (χ2v) is 6.64. The molecule has 0 aromatic carbocycles. The van der Waals surface area contributed by atoms with Crippen molar-refractivity contribution in [1.82, 2.24) is 4.90 Å². The van der Waals surface area contributed by atoms with E-state index in [0.717, 1.165) is 6.61 Å². The fourth-order valence-electron chi connectivity index (χ4n) is 2.96. The molecule has 0 aliphatic carbocycles. The van der Waals surface area contributed by atoms with Gasteiger partial charge in [0.15, 0.2) is 0 Å². The minimum absolute atomic E-state index is 0.574. The predicted molar refractivity (Wildman–Crippen MR) is 72.3 cm³/mol. The maximum absolute atomic E-state index is 5.78. The molecule has 0 aromatic rings. The molecule has 2 heteroatoms. The highest BCUT2D eigenvalue weighted by Gasteiger charge is 2.25. The molecule has 0 saturated carbocycles. The molecule has 2 rings (SSSR count). The third kappa shape index (κ3) is 4.59. The summed E-state index contributed by atoms with van der Waals surface area (Å²) in [6.45, 7) is 9.70. The number of piperidine rings is 1. The van der Waals surface area contributed by atoms with Gasteiger partial charge in [-0.05, 0) is 70.0 Å². The van der Waals surface area contributed by atoms with Crippen LogP contribution in [0, 0.1) is 5.41 Å². The van der Waals surface area contributed by atoms with Crippen LogP contribution in [0.25, 0.3) is 0 Å². The second kappa shape index (κ2) is 6.19. The van der Waals surface area contributed by atoms with E-state index in [2.05, 4.69) is 18.7 Å². The van der Waals surface area contributed by atoms with Gasteiger partial charge in [0.1, 0.15) is 0 Å². The largest absolute Gasteiger partial charge is 0.378 e. The standard InChI is InChI=1S/C15H29NO/c1-15(2)8-11-16(12-9-15)10-5-7-14-6-3-4-13-17-14/h14H,3-13H2,1-2H3. The van der Waals surface area contributed by atoms with Crippen LogP contribution in [-0.4, -0.2) is 37.2 Å². The van der Waals surface area contributed by atoms with Crippen molar-refractivity contribution in [3.63, 3.8) is 0 Å². The Morgan fingerprint density at radius 3 is 2.59 bits per heavy atom. The summed E-state index contributed by atoms with van der Waals surface area (Å²) in [5.74, 6) is 0. The molecule has 2 heterocycles. The van der Waals surface area contributed by atoms with Gasteiger partial charge in [-0.25, -0.2) is 0 Å². The van der Waals surface area contributed by atoms with Crippen molar-refractivity contribution in [3.8, 4) is 0 Å². The molecule has 100 valence electrons. The van der Waals surface area contributed by atoms with E-state index in [-0.39, 0.29) is 0 Å². The molecule has 2 aliphatic heterocycles. The summed E-state index contributed by atoms with van der Waals surface area (Å²) in [6, 6.07) is 0. The summed E-state index contributed by atoms with van der Waals surface area (Å²) in [5, 5.41) is 0. The third-order valence-corrected chi connectivity index (χ3v) is 4.48. The van der Waals surface area contributed by atoms with Gasteiger partial charge in [0.25, 0.3) is 0 Å². The Balaban J connectivity index is 1.56. The van der Waals surface area contributed by atoms with E-state index < -0.39 is 0 Å². The lowest BCUT2D eigenvalue weighted by molar-refractivity contribution is 0.00767. The van der Waals surface area contributed by atoms with Gasteiger partial charge in [-0.15, -0.1) is 0 Å². The fraction of sp³-hybridized carbons (Fsp3) is 1.00. The Morgan fingerprint density at radius 1 is 1.18 bits per heavy atom. The average molecular weight is 239 g/mol. The first-order chi connectivity index (χ1) is 8.16. The number of ether oxygens (including phenoxy) is 1. The number of rotatable bonds is 4. The Bertz CT molecular complexity index is 211. The van der Waals surface area contributed by atoms with E-state index >= 15 is 0 Å². The fourth-order valence-corrected chi connectivity index (χ4v) is 2.96. The lowest BCUT2D eigenvalue weighted by Crippen LogP contribution is -2.38. The molecule has 0 bridgehead atoms. The molecular formula is C15H29NO. The molecule has 2 nitrogen and oxygen atoms in total. The van der Waals surface area contributed by atoms with Crippen LogP contribution in [0.15, 0.2) is 0 Å². The van der Waals surface area contributed by atoms with Crippen molar-refractivity contribution in [1.29, 1.82) is 0 Å². The molecule has 2 saturated heterocycles. The van der Waals surface area contributed by atoms with Crippen LogP contribution in [0.1, 0.15) is 58.8 Å². The Labute approximate surface area is 107 Å². The first kappa shape index (κ1) is 13.4. The van der Waals surface area contributed by atoms with Crippen LogP contribution in [0.3, 0.4) is 0 Å². The Morgan fingerprint density at radius 2 is 1.94 bits per heavy atom. The zero-order chi connectivity index (χ0) is 12.1. The molecular weight excluding hydrogens is 210 g/mol. The van der Waals surface area contributed by atoms with Gasteiger partial charge in [-0.2, -0.15) is 0 Å². The summed E-state index contributed by atoms with van der Waals surface area (Å²) in [5.41, 5.74) is 0.586. The number of hydrogen-bond donors (Lipinski definition) is 0. The topological polar surface area (TPSA) is 12.5 Å². The molecule has 0 spiro atoms. The third-order valence-electron chi connectivity index (χ3n) is 4.48. The number of likely N-dealkylation sites (tertiary alicyclic amines) is 1. The van der Waals surface area contributed by atoms with Crippen LogP contribution < -0.4 is 0 Å². The van der Waals surface area contributed by atoms with E-state index in [1.807, 2.05) is 0 Å². The monoisotopic (exact) mass is 239 g/mol. The van der Waals surface area contributed by atoms with Gasteiger partial charge in [0, 0.05) is 6.61 Å². The summed E-state index contributed by atoms with van der Waals surface area (Å²) in [6.07, 6.45) is 9.86. The SMILES string of the molecule is CC1(C)CCN(CCCC2CCCCO2)CC1. The molecule has 1 unspecified atom stereocenters. The van der Waals surface area contributed by atoms with E-state index in [1.165, 1.54) is 64.6 Å². The van der Waals surface area contributed by atoms with Gasteiger partial charge in [-0.3, -0.25) is 0 Å². The van der Waals surface area contributed by atoms with Crippen molar-refractivity contribution in [2.45, 2.75) is 64.9 Å². The normalized spacial score (nSPS) is 30.4. The average Bonchev–Trinajstić information content (AvgIpc) is 2.33. The quantitative estimate of drug-likeness (QED) is 0.745. The van der Waals surface area contributed by atoms with Crippen LogP contribution in [0.2, 0.25) is 0 Å². The second-order valence-electron chi connectivity index (χ2n) is 6.64. The molecule has 0 radical (unpaired) electrons. The summed E-state index contributed by atoms with van der Waals surface area (Å²) >= 11 is 0. The molecule has 0 N–H and O–H groups in total. The van der Waals surface area contributed by atoms with Gasteiger partial charge in [-0.1, -0.05) is 13.8 Å². The highest BCUT2D eigenvalue weighted by molar-refractivity contribution is 4.78. The summed E-state index contributed by atoms with van der Waals surface area (Å²) < 4.78 is 5.78. The van der Waals surface area contributed by atoms with Crippen LogP contribution in [-0.2, 0) is 4.74 Å². The van der Waals surface area contributed by atoms with Crippen molar-refractivity contribution in [3.05, 3.63) is 0 Å². The first-order valence-corrected chi connectivity index (χ1v) is 7.50. The van der Waals surface area contributed by atoms with Gasteiger partial charge in [0.05, 0.1) is 6.10 Å². The smallest absolute Gasteiger partial charge is 0.0575 e. The lowest BCUT2D eigenvalue weighted by Gasteiger charge is -2.37. The van der Waals surface area contributed by atoms with Crippen molar-refractivity contribution < 1.29 is 4.74 Å². The summed E-state index contributed by atoms with van der Waals surface area (Å²) in [7, 11) is 0. The molecule has 17 heavy (non-hydrogen) atoms. The van der Waals surface area contributed by atoms with Crippen LogP contribution >= 0.6 is 0 Å². The Kier molecular flexibility index (Phi) is 4.87. The molecule has 2 aliphatic rings. The minimum Gasteiger partial charge on any atom is -0.378 e. The predicted octanol–water partition coefficient (Wildman–Crippen LogP) is 3.46. The molecule has 0 amide bonds. The number of hydrogen-bond acceptors (Lipinski definition) is 2. The van der Waals surface area contributed by atoms with E-state index in [0.29, 0.717) is 11.5 Å². The van der Waals surface area contributed by atoms with Crippen molar-refractivity contribution in [2.75, 3.05) is 26.2 Å². The minimum atomic E-state index is 0.574.